The van der Waals surface area contributed by atoms with Crippen LogP contribution in [-0.2, 0) is 4.79 Å². The summed E-state index contributed by atoms with van der Waals surface area (Å²) < 4.78 is 0. The molecule has 0 aromatic carbocycles. The van der Waals surface area contributed by atoms with E-state index in [0.717, 1.165) is 11.5 Å². The van der Waals surface area contributed by atoms with Crippen molar-refractivity contribution in [3.05, 3.63) is 18.3 Å². The standard InChI is InChI=1S/C13H22N4O/c1-13(2,3)15-9-11(18)16-10-7-6-8-14-12(10)17(4)5/h6-8,15H,9H2,1-5H3,(H,16,18). The van der Waals surface area contributed by atoms with Crippen LogP contribution in [0.1, 0.15) is 20.8 Å². The number of anilines is 2. The number of amides is 1. The topological polar surface area (TPSA) is 57.3 Å². The highest BCUT2D eigenvalue weighted by atomic mass is 16.1. The number of hydrogen-bond donors (Lipinski definition) is 2. The van der Waals surface area contributed by atoms with Gasteiger partial charge in [-0.1, -0.05) is 0 Å². The number of pyridine rings is 1. The second kappa shape index (κ2) is 5.82. The van der Waals surface area contributed by atoms with Crippen molar-refractivity contribution in [3.8, 4) is 0 Å². The van der Waals surface area contributed by atoms with Crippen LogP contribution >= 0.6 is 0 Å². The lowest BCUT2D eigenvalue weighted by atomic mass is 10.1. The van der Waals surface area contributed by atoms with Crippen LogP contribution in [0.25, 0.3) is 0 Å². The number of aromatic nitrogens is 1. The second-order valence-corrected chi connectivity index (χ2v) is 5.42. The minimum absolute atomic E-state index is 0.0685. The number of carbonyl (C=O) groups is 1. The van der Waals surface area contributed by atoms with Gasteiger partial charge in [-0.05, 0) is 32.9 Å². The summed E-state index contributed by atoms with van der Waals surface area (Å²) in [6, 6.07) is 3.65. The summed E-state index contributed by atoms with van der Waals surface area (Å²) in [5.74, 6) is 0.683. The van der Waals surface area contributed by atoms with E-state index in [2.05, 4.69) is 15.6 Å². The molecule has 0 bridgehead atoms. The summed E-state index contributed by atoms with van der Waals surface area (Å²) in [4.78, 5) is 17.9. The molecule has 0 radical (unpaired) electrons. The Morgan fingerprint density at radius 3 is 2.61 bits per heavy atom. The van der Waals surface area contributed by atoms with Gasteiger partial charge in [-0.3, -0.25) is 4.79 Å². The average molecular weight is 250 g/mol. The lowest BCUT2D eigenvalue weighted by Gasteiger charge is -2.21. The van der Waals surface area contributed by atoms with Gasteiger partial charge < -0.3 is 15.5 Å². The number of nitrogens with zero attached hydrogens (tertiary/aromatic N) is 2. The molecule has 5 heteroatoms. The zero-order chi connectivity index (χ0) is 13.8. The van der Waals surface area contributed by atoms with Gasteiger partial charge in [0.2, 0.25) is 5.91 Å². The van der Waals surface area contributed by atoms with Crippen LogP contribution in [0, 0.1) is 0 Å². The van der Waals surface area contributed by atoms with Gasteiger partial charge in [0.05, 0.1) is 12.2 Å². The molecule has 1 aromatic heterocycles. The fourth-order valence-corrected chi connectivity index (χ4v) is 1.39. The molecule has 0 fully saturated rings. The first kappa shape index (κ1) is 14.4. The van der Waals surface area contributed by atoms with Crippen molar-refractivity contribution in [2.75, 3.05) is 30.9 Å². The first-order valence-electron chi connectivity index (χ1n) is 5.97. The third-order valence-corrected chi connectivity index (χ3v) is 2.26. The summed E-state index contributed by atoms with van der Waals surface area (Å²) in [7, 11) is 3.79. The molecule has 0 atom stereocenters. The smallest absolute Gasteiger partial charge is 0.238 e. The zero-order valence-corrected chi connectivity index (χ0v) is 11.7. The van der Waals surface area contributed by atoms with Crippen LogP contribution in [0.4, 0.5) is 11.5 Å². The van der Waals surface area contributed by atoms with E-state index in [9.17, 15) is 4.79 Å². The van der Waals surface area contributed by atoms with Gasteiger partial charge in [0.25, 0.3) is 0 Å². The van der Waals surface area contributed by atoms with Crippen molar-refractivity contribution < 1.29 is 4.79 Å². The van der Waals surface area contributed by atoms with Gasteiger partial charge in [0.15, 0.2) is 5.82 Å². The zero-order valence-electron chi connectivity index (χ0n) is 11.7. The highest BCUT2D eigenvalue weighted by Gasteiger charge is 2.13. The van der Waals surface area contributed by atoms with Gasteiger partial charge in [-0.15, -0.1) is 0 Å². The quantitative estimate of drug-likeness (QED) is 0.849. The molecule has 18 heavy (non-hydrogen) atoms. The molecular formula is C13H22N4O. The SMILES string of the molecule is CN(C)c1ncccc1NC(=O)CNC(C)(C)C. The molecule has 0 saturated carbocycles. The van der Waals surface area contributed by atoms with Crippen LogP contribution in [0.15, 0.2) is 18.3 Å². The Hall–Kier alpha value is -1.62. The fraction of sp³-hybridized carbons (Fsp3) is 0.538. The molecule has 2 N–H and O–H groups in total. The monoisotopic (exact) mass is 250 g/mol. The van der Waals surface area contributed by atoms with E-state index in [-0.39, 0.29) is 18.0 Å². The van der Waals surface area contributed by atoms with Crippen molar-refractivity contribution in [2.24, 2.45) is 0 Å². The molecule has 1 rings (SSSR count). The van der Waals surface area contributed by atoms with Gasteiger partial charge in [-0.25, -0.2) is 4.98 Å². The van der Waals surface area contributed by atoms with Crippen LogP contribution in [0.5, 0.6) is 0 Å². The second-order valence-electron chi connectivity index (χ2n) is 5.42. The van der Waals surface area contributed by atoms with E-state index in [0.29, 0.717) is 0 Å². The third kappa shape index (κ3) is 4.71. The summed E-state index contributed by atoms with van der Waals surface area (Å²) in [5, 5.41) is 6.00. The Bertz CT molecular complexity index is 410. The van der Waals surface area contributed by atoms with Gasteiger partial charge in [0, 0.05) is 25.8 Å². The van der Waals surface area contributed by atoms with E-state index in [1.54, 1.807) is 12.3 Å². The van der Waals surface area contributed by atoms with E-state index in [4.69, 9.17) is 0 Å². The Labute approximate surface area is 109 Å². The summed E-state index contributed by atoms with van der Waals surface area (Å²) in [5.41, 5.74) is 0.652. The summed E-state index contributed by atoms with van der Waals surface area (Å²) >= 11 is 0. The lowest BCUT2D eigenvalue weighted by Crippen LogP contribution is -2.41. The van der Waals surface area contributed by atoms with Gasteiger partial charge >= 0.3 is 0 Å². The van der Waals surface area contributed by atoms with E-state index < -0.39 is 0 Å². The van der Waals surface area contributed by atoms with E-state index in [1.165, 1.54) is 0 Å². The lowest BCUT2D eigenvalue weighted by molar-refractivity contribution is -0.115. The van der Waals surface area contributed by atoms with Crippen molar-refractivity contribution >= 4 is 17.4 Å². The average Bonchev–Trinajstić information content (AvgIpc) is 2.26. The molecule has 0 spiro atoms. The molecule has 1 heterocycles. The molecule has 1 aromatic rings. The van der Waals surface area contributed by atoms with Crippen molar-refractivity contribution in [3.63, 3.8) is 0 Å². The van der Waals surface area contributed by atoms with Crippen molar-refractivity contribution in [1.29, 1.82) is 0 Å². The molecular weight excluding hydrogens is 228 g/mol. The number of nitrogens with one attached hydrogen (secondary N) is 2. The van der Waals surface area contributed by atoms with Crippen LogP contribution in [0.2, 0.25) is 0 Å². The Morgan fingerprint density at radius 1 is 1.39 bits per heavy atom. The predicted octanol–water partition coefficient (Wildman–Crippen LogP) is 1.47. The first-order chi connectivity index (χ1) is 8.29. The fourth-order valence-electron chi connectivity index (χ4n) is 1.39. The minimum atomic E-state index is -0.0728. The predicted molar refractivity (Wildman–Crippen MR) is 74.9 cm³/mol. The first-order valence-corrected chi connectivity index (χ1v) is 5.97. The normalized spacial score (nSPS) is 11.2. The molecule has 100 valence electrons. The molecule has 0 aliphatic rings. The molecule has 0 aliphatic carbocycles. The molecule has 0 unspecified atom stereocenters. The maximum Gasteiger partial charge on any atom is 0.238 e. The van der Waals surface area contributed by atoms with Crippen molar-refractivity contribution in [1.82, 2.24) is 10.3 Å². The summed E-state index contributed by atoms with van der Waals surface area (Å²) in [6.45, 7) is 6.35. The maximum absolute atomic E-state index is 11.8. The van der Waals surface area contributed by atoms with Gasteiger partial charge in [0.1, 0.15) is 0 Å². The number of rotatable bonds is 4. The maximum atomic E-state index is 11.8. The van der Waals surface area contributed by atoms with Crippen LogP contribution in [-0.4, -0.2) is 37.1 Å². The highest BCUT2D eigenvalue weighted by molar-refractivity contribution is 5.94. The van der Waals surface area contributed by atoms with Crippen LogP contribution in [0.3, 0.4) is 0 Å². The Morgan fingerprint density at radius 2 is 2.06 bits per heavy atom. The van der Waals surface area contributed by atoms with E-state index >= 15 is 0 Å². The van der Waals surface area contributed by atoms with E-state index in [1.807, 2.05) is 45.8 Å². The molecule has 5 nitrogen and oxygen atoms in total. The van der Waals surface area contributed by atoms with Crippen molar-refractivity contribution in [2.45, 2.75) is 26.3 Å². The molecule has 0 aliphatic heterocycles. The minimum Gasteiger partial charge on any atom is -0.361 e. The third-order valence-electron chi connectivity index (χ3n) is 2.26. The molecule has 1 amide bonds. The Balaban J connectivity index is 2.65. The summed E-state index contributed by atoms with van der Waals surface area (Å²) in [6.07, 6.45) is 1.71. The number of carbonyl (C=O) groups excluding carboxylic acids is 1. The largest absolute Gasteiger partial charge is 0.361 e. The van der Waals surface area contributed by atoms with Gasteiger partial charge in [-0.2, -0.15) is 0 Å². The highest BCUT2D eigenvalue weighted by Crippen LogP contribution is 2.19. The molecule has 0 saturated heterocycles. The number of hydrogen-bond acceptors (Lipinski definition) is 4. The Kier molecular flexibility index (Phi) is 4.67. The van der Waals surface area contributed by atoms with Crippen LogP contribution < -0.4 is 15.5 Å².